The second-order valence-corrected chi connectivity index (χ2v) is 31.0. The summed E-state index contributed by atoms with van der Waals surface area (Å²) in [5, 5.41) is -2.42. The van der Waals surface area contributed by atoms with Gasteiger partial charge in [0.25, 0.3) is 29.5 Å². The Kier molecular flexibility index (Phi) is 42.5. The molecule has 33 heteroatoms. The lowest BCUT2D eigenvalue weighted by Gasteiger charge is -2.19. The van der Waals surface area contributed by atoms with Crippen LogP contribution < -0.4 is 0 Å². The van der Waals surface area contributed by atoms with Crippen LogP contribution in [-0.2, 0) is 78.7 Å². The van der Waals surface area contributed by atoms with Gasteiger partial charge in [-0.15, -0.1) is 0 Å². The molecule has 2 aliphatic rings. The van der Waals surface area contributed by atoms with Gasteiger partial charge in [-0.3, -0.25) is 0 Å². The van der Waals surface area contributed by atoms with Crippen molar-refractivity contribution in [3.05, 3.63) is 82.8 Å². The Labute approximate surface area is 425 Å². The van der Waals surface area contributed by atoms with Gasteiger partial charge in [-0.25, -0.2) is 67.3 Å². The van der Waals surface area contributed by atoms with Crippen LogP contribution in [0.1, 0.15) is 93.9 Å². The molecule has 2 fully saturated rings. The molecule has 2 aromatic carbocycles. The van der Waals surface area contributed by atoms with Crippen molar-refractivity contribution in [2.75, 3.05) is 35.2 Å². The highest BCUT2D eigenvalue weighted by atomic mass is 32.3. The summed E-state index contributed by atoms with van der Waals surface area (Å²) < 4.78 is 172. The molecule has 0 aliphatic heterocycles. The molecule has 2 aromatic rings. The molecule has 24 nitrogen and oxygen atoms in total. The molecule has 2 saturated carbocycles. The van der Waals surface area contributed by atoms with Gasteiger partial charge in [0, 0.05) is 33.4 Å². The molecule has 3 radical (unpaired) electrons. The van der Waals surface area contributed by atoms with Gasteiger partial charge in [-0.2, -0.15) is 19.2 Å². The zero-order valence-electron chi connectivity index (χ0n) is 36.7. The summed E-state index contributed by atoms with van der Waals surface area (Å²) in [6.07, 6.45) is 13.7. The Balaban J connectivity index is -0.000000137. The number of benzene rings is 2. The Morgan fingerprint density at radius 3 is 0.972 bits per heavy atom. The van der Waals surface area contributed by atoms with E-state index in [0.29, 0.717) is 28.8 Å². The summed E-state index contributed by atoms with van der Waals surface area (Å²) >= 11 is 0. The summed E-state index contributed by atoms with van der Waals surface area (Å²) in [5.74, 6) is 0. The Bertz CT molecular complexity index is 2920. The van der Waals surface area contributed by atoms with E-state index < -0.39 is 88.9 Å². The molecule has 407 valence electrons. The van der Waals surface area contributed by atoms with Gasteiger partial charge in [0.15, 0.2) is 39.7 Å². The molecule has 0 atom stereocenters. The zero-order chi connectivity index (χ0) is 51.5. The van der Waals surface area contributed by atoms with E-state index in [1.165, 1.54) is 31.1 Å². The first-order chi connectivity index (χ1) is 30.1. The topological polar surface area (TPSA) is 419 Å². The van der Waals surface area contributed by atoms with Crippen LogP contribution in [0.3, 0.4) is 0 Å². The molecule has 0 spiro atoms. The molecule has 2 aliphatic carbocycles. The molecule has 0 unspecified atom stereocenters. The van der Waals surface area contributed by atoms with Crippen molar-refractivity contribution >= 4 is 109 Å². The molecular weight excluding hydrogens is 1090 g/mol. The summed E-state index contributed by atoms with van der Waals surface area (Å²) in [7, 11) is -27.6. The Hall–Kier alpha value is -4.38. The van der Waals surface area contributed by atoms with Gasteiger partial charge < -0.3 is 22.1 Å². The molecule has 0 heterocycles. The van der Waals surface area contributed by atoms with Crippen LogP contribution in [0.2, 0.25) is 0 Å². The fourth-order valence-corrected chi connectivity index (χ4v) is 14.7. The van der Waals surface area contributed by atoms with E-state index >= 15 is 0 Å². The Morgan fingerprint density at radius 1 is 0.437 bits per heavy atom. The highest BCUT2D eigenvalue weighted by Crippen LogP contribution is 2.23. The molecule has 4 rings (SSSR count). The maximum absolute atomic E-state index is 11.3. The lowest BCUT2D eigenvalue weighted by molar-refractivity contribution is 0.00712. The molecule has 0 bridgehead atoms. The van der Waals surface area contributed by atoms with Crippen molar-refractivity contribution in [1.82, 2.24) is 0 Å². The van der Waals surface area contributed by atoms with Gasteiger partial charge in [-0.1, -0.05) is 105 Å². The van der Waals surface area contributed by atoms with Crippen molar-refractivity contribution in [2.24, 2.45) is 0 Å². The molecule has 0 N–H and O–H groups in total. The molecule has 71 heavy (non-hydrogen) atoms. The molecular formula is C38H68BN8O16S8. The second-order valence-electron chi connectivity index (χ2n) is 14.2. The minimum Gasteiger partial charge on any atom is -0.361 e. The van der Waals surface area contributed by atoms with E-state index in [-0.39, 0.29) is 64.6 Å². The van der Waals surface area contributed by atoms with E-state index in [1.54, 1.807) is 48.5 Å². The van der Waals surface area contributed by atoms with Gasteiger partial charge in [0.05, 0.1) is 20.3 Å². The van der Waals surface area contributed by atoms with E-state index in [4.69, 9.17) is 22.1 Å². The van der Waals surface area contributed by atoms with Gasteiger partial charge in [-0.05, 0) is 49.9 Å². The molecule has 0 aromatic heterocycles. The van der Waals surface area contributed by atoms with Gasteiger partial charge >= 0.3 is 22.2 Å². The van der Waals surface area contributed by atoms with Crippen molar-refractivity contribution in [1.29, 1.82) is 0 Å². The van der Waals surface area contributed by atoms with Gasteiger partial charge in [0.1, 0.15) is 9.84 Å². The lowest BCUT2D eigenvalue weighted by Crippen LogP contribution is -2.24. The third-order valence-electron chi connectivity index (χ3n) is 7.97. The van der Waals surface area contributed by atoms with Crippen molar-refractivity contribution in [3.8, 4) is 0 Å². The Morgan fingerprint density at radius 2 is 0.732 bits per heavy atom. The van der Waals surface area contributed by atoms with Crippen LogP contribution in [0, 0.1) is 0 Å². The van der Waals surface area contributed by atoms with Crippen molar-refractivity contribution in [2.45, 2.75) is 114 Å². The predicted molar refractivity (Wildman–Crippen MR) is 279 cm³/mol. The summed E-state index contributed by atoms with van der Waals surface area (Å²) in [5.41, 5.74) is 33.3. The van der Waals surface area contributed by atoms with E-state index in [0.717, 1.165) is 57.5 Å². The summed E-state index contributed by atoms with van der Waals surface area (Å²) in [4.78, 5) is 9.95. The quantitative estimate of drug-likeness (QED) is 0.0962. The van der Waals surface area contributed by atoms with Crippen molar-refractivity contribution in [3.63, 3.8) is 0 Å². The summed E-state index contributed by atoms with van der Waals surface area (Å²) in [6.45, 7) is 0. The second kappa shape index (κ2) is 37.4. The van der Waals surface area contributed by atoms with Crippen LogP contribution in [-0.4, -0.2) is 163 Å². The number of hydrogen-bond donors (Lipinski definition) is 0. The molecule has 0 amide bonds. The van der Waals surface area contributed by atoms with Crippen LogP contribution >= 0.6 is 0 Å². The number of rotatable bonds is 12. The van der Waals surface area contributed by atoms with Gasteiger partial charge in [0.2, 0.25) is 9.84 Å². The minimum atomic E-state index is -3.92. The first-order valence-corrected chi connectivity index (χ1v) is 33.1. The van der Waals surface area contributed by atoms with E-state index in [2.05, 4.69) is 19.2 Å². The normalized spacial score (nSPS) is 13.7. The van der Waals surface area contributed by atoms with E-state index in [9.17, 15) is 67.3 Å². The third kappa shape index (κ3) is 41.9. The minimum absolute atomic E-state index is 0. The average Bonchev–Trinajstić information content (AvgIpc) is 3.18. The first-order valence-electron chi connectivity index (χ1n) is 18.6. The van der Waals surface area contributed by atoms with E-state index in [1.807, 2.05) is 0 Å². The zero-order valence-corrected chi connectivity index (χ0v) is 43.2. The number of sulfone groups is 8. The SMILES string of the molecule is C.C.C.C.CS(=O)(=O)C1CCCCC1.CS(=O)(=O)CS(=O)(=O)C=[N+]=[N-].CS(=O)(=O)CS(=O)(=O)C=[N+]=[N-].CS(=O)(=O)c1ccccc1.[B].[N-]=[N+]=CS(=O)(=O)C1CCCCC1.[N-]=[N+]=CS(=O)(=O)c1ccccc1. The number of hydrogen-bond acceptors (Lipinski definition) is 16. The monoisotopic (exact) mass is 1160 g/mol. The smallest absolute Gasteiger partial charge is 0.361 e. The lowest BCUT2D eigenvalue weighted by atomic mass is 10.0. The first kappa shape index (κ1) is 80.7. The maximum atomic E-state index is 11.3. The highest BCUT2D eigenvalue weighted by molar-refractivity contribution is 8.15. The number of nitrogens with zero attached hydrogens (tertiary/aromatic N) is 8. The van der Waals surface area contributed by atoms with Crippen LogP contribution in [0.4, 0.5) is 0 Å². The average molecular weight is 1160 g/mol. The fourth-order valence-electron chi connectivity index (χ4n) is 5.24. The predicted octanol–water partition coefficient (Wildman–Crippen LogP) is 3.65. The van der Waals surface area contributed by atoms with Crippen LogP contribution in [0.15, 0.2) is 70.5 Å². The highest BCUT2D eigenvalue weighted by Gasteiger charge is 2.28. The summed E-state index contributed by atoms with van der Waals surface area (Å²) in [6, 6.07) is 16.1. The standard InChI is InChI=1S/C7H12N2O2S.C7H6N2O2S.C7H14O2S.C7H8O2S.2C3H6N2O4S2.4CH4.B/c2*8-9-6-12(10,11)7-4-2-1-3-5-7;2*1-10(8,9)7-5-3-2-4-6-7;2*1-10(6,7)3-11(8,9)2-5-4;;;;;/h6-7H,1-5H2;1-6H;7H,2-6H2,1H3;2-6H,1H3;2*2H,3H2,1H3;4*1H4;. The molecule has 0 saturated heterocycles. The fraction of sp³-hybridized carbons (Fsp3) is 0.579. The largest absolute Gasteiger partial charge is 0.374 e. The van der Waals surface area contributed by atoms with Crippen LogP contribution in [0.25, 0.3) is 22.1 Å². The van der Waals surface area contributed by atoms with Crippen molar-refractivity contribution < 1.29 is 86.5 Å². The maximum Gasteiger partial charge on any atom is 0.374 e. The third-order valence-corrected chi connectivity index (χ3v) is 20.8. The van der Waals surface area contributed by atoms with Crippen LogP contribution in [0.5, 0.6) is 0 Å².